The van der Waals surface area contributed by atoms with Crippen LogP contribution in [0.4, 0.5) is 0 Å². The van der Waals surface area contributed by atoms with Gasteiger partial charge in [0.05, 0.1) is 19.5 Å². The van der Waals surface area contributed by atoms with E-state index in [1.54, 1.807) is 38.5 Å². The number of Topliss-reactive ketones (excluding diaryl/α,β-unsaturated/α-hetero) is 1. The highest BCUT2D eigenvalue weighted by Crippen LogP contribution is 2.40. The van der Waals surface area contributed by atoms with Crippen molar-refractivity contribution in [3.05, 3.63) is 46.5 Å². The van der Waals surface area contributed by atoms with Gasteiger partial charge in [0, 0.05) is 10.6 Å². The minimum atomic E-state index is -0.282. The number of nitrogens with zero attached hydrogens (tertiary/aromatic N) is 1. The maximum Gasteiger partial charge on any atom is 0.257 e. The van der Waals surface area contributed by atoms with E-state index in [0.29, 0.717) is 44.8 Å². The number of hydrogen-bond donors (Lipinski definition) is 0. The van der Waals surface area contributed by atoms with Crippen LogP contribution in [0.5, 0.6) is 11.5 Å². The van der Waals surface area contributed by atoms with E-state index in [1.807, 2.05) is 6.07 Å². The Balaban J connectivity index is 1.62. The van der Waals surface area contributed by atoms with Gasteiger partial charge in [-0.2, -0.15) is 0 Å². The van der Waals surface area contributed by atoms with E-state index >= 15 is 0 Å². The molecule has 0 radical (unpaired) electrons. The van der Waals surface area contributed by atoms with E-state index in [1.165, 1.54) is 11.8 Å². The van der Waals surface area contributed by atoms with Crippen LogP contribution in [-0.4, -0.2) is 30.2 Å². The molecule has 0 N–H and O–H groups in total. The Morgan fingerprint density at radius 1 is 1.20 bits per heavy atom. The second-order valence-corrected chi connectivity index (χ2v) is 7.22. The average Bonchev–Trinajstić information content (AvgIpc) is 3.14. The summed E-state index contributed by atoms with van der Waals surface area (Å²) in [7, 11) is 3.13. The van der Waals surface area contributed by atoms with E-state index in [-0.39, 0.29) is 11.0 Å². The topological polar surface area (TPSA) is 61.6 Å². The van der Waals surface area contributed by atoms with Gasteiger partial charge < -0.3 is 13.9 Å². The fourth-order valence-electron chi connectivity index (χ4n) is 2.93. The van der Waals surface area contributed by atoms with Crippen molar-refractivity contribution in [1.82, 2.24) is 4.98 Å². The van der Waals surface area contributed by atoms with Crippen molar-refractivity contribution < 1.29 is 18.7 Å². The van der Waals surface area contributed by atoms with Crippen LogP contribution in [0.3, 0.4) is 0 Å². The SMILES string of the molecule is COc1cc2c(cc1OC)C(=O)C(Sc1nc3cc(Cl)ccc3o1)C2. The third-order valence-corrected chi connectivity index (χ3v) is 5.42. The third kappa shape index (κ3) is 2.85. The lowest BCUT2D eigenvalue weighted by Crippen LogP contribution is -2.11. The van der Waals surface area contributed by atoms with Crippen LogP contribution >= 0.6 is 23.4 Å². The zero-order chi connectivity index (χ0) is 17.6. The Hall–Kier alpha value is -2.18. The number of oxazole rings is 1. The molecule has 1 aliphatic carbocycles. The third-order valence-electron chi connectivity index (χ3n) is 4.15. The number of methoxy groups -OCH3 is 2. The molecule has 3 aromatic rings. The number of carbonyl (C=O) groups excluding carboxylic acids is 1. The molecule has 1 atom stereocenters. The van der Waals surface area contributed by atoms with Crippen molar-refractivity contribution in [1.29, 1.82) is 0 Å². The standard InChI is InChI=1S/C18H14ClNO4S/c1-22-14-5-9-6-16(17(21)11(9)8-15(14)23-2)25-18-20-12-7-10(19)3-4-13(12)24-18/h3-5,7-8,16H,6H2,1-2H3. The largest absolute Gasteiger partial charge is 0.493 e. The number of halogens is 1. The molecule has 2 aromatic carbocycles. The van der Waals surface area contributed by atoms with Crippen molar-refractivity contribution in [2.75, 3.05) is 14.2 Å². The number of ketones is 1. The summed E-state index contributed by atoms with van der Waals surface area (Å²) in [6.07, 6.45) is 0.596. The van der Waals surface area contributed by atoms with Crippen molar-refractivity contribution in [3.8, 4) is 11.5 Å². The number of hydrogen-bond acceptors (Lipinski definition) is 6. The molecule has 5 nitrogen and oxygen atoms in total. The smallest absolute Gasteiger partial charge is 0.257 e. The van der Waals surface area contributed by atoms with Crippen molar-refractivity contribution >= 4 is 40.2 Å². The number of thioether (sulfide) groups is 1. The molecule has 128 valence electrons. The van der Waals surface area contributed by atoms with Crippen LogP contribution in [0.15, 0.2) is 40.0 Å². The Morgan fingerprint density at radius 2 is 1.96 bits per heavy atom. The van der Waals surface area contributed by atoms with Crippen LogP contribution in [0, 0.1) is 0 Å². The minimum absolute atomic E-state index is 0.0428. The number of rotatable bonds is 4. The Kier molecular flexibility index (Phi) is 4.09. The molecular formula is C18H14ClNO4S. The molecule has 0 aliphatic heterocycles. The summed E-state index contributed by atoms with van der Waals surface area (Å²) in [6.45, 7) is 0. The first-order chi connectivity index (χ1) is 12.1. The van der Waals surface area contributed by atoms with Crippen LogP contribution in [0.25, 0.3) is 11.1 Å². The fraction of sp³-hybridized carbons (Fsp3) is 0.222. The molecule has 0 spiro atoms. The van der Waals surface area contributed by atoms with Gasteiger partial charge in [-0.3, -0.25) is 4.79 Å². The Bertz CT molecular complexity index is 985. The molecule has 7 heteroatoms. The number of ether oxygens (including phenoxy) is 2. The van der Waals surface area contributed by atoms with Gasteiger partial charge in [-0.05, 0) is 42.3 Å². The highest BCUT2D eigenvalue weighted by molar-refractivity contribution is 8.00. The summed E-state index contributed by atoms with van der Waals surface area (Å²) >= 11 is 7.30. The van der Waals surface area contributed by atoms with E-state index in [0.717, 1.165) is 5.56 Å². The van der Waals surface area contributed by atoms with Gasteiger partial charge in [-0.1, -0.05) is 23.4 Å². The summed E-state index contributed by atoms with van der Waals surface area (Å²) in [5, 5.41) is 0.776. The molecule has 0 bridgehead atoms. The van der Waals surface area contributed by atoms with Crippen LogP contribution in [0.1, 0.15) is 15.9 Å². The second kappa shape index (κ2) is 6.28. The van der Waals surface area contributed by atoms with Gasteiger partial charge in [0.1, 0.15) is 5.52 Å². The van der Waals surface area contributed by atoms with Gasteiger partial charge in [-0.25, -0.2) is 4.98 Å². The highest BCUT2D eigenvalue weighted by Gasteiger charge is 2.34. The molecule has 25 heavy (non-hydrogen) atoms. The van der Waals surface area contributed by atoms with E-state index < -0.39 is 0 Å². The maximum atomic E-state index is 12.7. The number of carbonyl (C=O) groups is 1. The molecule has 0 fully saturated rings. The molecule has 1 heterocycles. The molecular weight excluding hydrogens is 362 g/mol. The van der Waals surface area contributed by atoms with Gasteiger partial charge in [0.25, 0.3) is 5.22 Å². The maximum absolute atomic E-state index is 12.7. The fourth-order valence-corrected chi connectivity index (χ4v) is 4.13. The molecule has 1 unspecified atom stereocenters. The predicted molar refractivity (Wildman–Crippen MR) is 96.2 cm³/mol. The van der Waals surface area contributed by atoms with E-state index in [4.69, 9.17) is 25.5 Å². The number of aromatic nitrogens is 1. The Morgan fingerprint density at radius 3 is 2.72 bits per heavy atom. The van der Waals surface area contributed by atoms with Crippen LogP contribution in [0.2, 0.25) is 5.02 Å². The molecule has 1 aromatic heterocycles. The second-order valence-electron chi connectivity index (χ2n) is 5.63. The monoisotopic (exact) mass is 375 g/mol. The van der Waals surface area contributed by atoms with Crippen LogP contribution in [-0.2, 0) is 6.42 Å². The molecule has 0 amide bonds. The summed E-state index contributed by atoms with van der Waals surface area (Å²) in [5.41, 5.74) is 2.94. The van der Waals surface area contributed by atoms with Crippen molar-refractivity contribution in [2.24, 2.45) is 0 Å². The van der Waals surface area contributed by atoms with Crippen LogP contribution < -0.4 is 9.47 Å². The number of fused-ring (bicyclic) bond motifs is 2. The zero-order valence-electron chi connectivity index (χ0n) is 13.5. The zero-order valence-corrected chi connectivity index (χ0v) is 15.1. The van der Waals surface area contributed by atoms with Crippen molar-refractivity contribution in [2.45, 2.75) is 16.9 Å². The first kappa shape index (κ1) is 16.3. The summed E-state index contributed by atoms with van der Waals surface area (Å²) in [6, 6.07) is 8.86. The summed E-state index contributed by atoms with van der Waals surface area (Å²) in [4.78, 5) is 17.1. The van der Waals surface area contributed by atoms with Gasteiger partial charge in [0.15, 0.2) is 22.9 Å². The predicted octanol–water partition coefficient (Wildman–Crippen LogP) is 4.40. The lowest BCUT2D eigenvalue weighted by molar-refractivity contribution is 0.0999. The van der Waals surface area contributed by atoms with Gasteiger partial charge in [0.2, 0.25) is 0 Å². The summed E-state index contributed by atoms with van der Waals surface area (Å²) in [5.74, 6) is 1.22. The summed E-state index contributed by atoms with van der Waals surface area (Å²) < 4.78 is 16.3. The molecule has 1 aliphatic rings. The quantitative estimate of drug-likeness (QED) is 0.673. The highest BCUT2D eigenvalue weighted by atomic mass is 35.5. The van der Waals surface area contributed by atoms with Gasteiger partial charge >= 0.3 is 0 Å². The average molecular weight is 376 g/mol. The molecule has 0 saturated heterocycles. The van der Waals surface area contributed by atoms with Gasteiger partial charge in [-0.15, -0.1) is 0 Å². The Labute approximate surface area is 153 Å². The lowest BCUT2D eigenvalue weighted by Gasteiger charge is -2.09. The first-order valence-corrected chi connectivity index (χ1v) is 8.86. The van der Waals surface area contributed by atoms with E-state index in [2.05, 4.69) is 4.98 Å². The van der Waals surface area contributed by atoms with Crippen molar-refractivity contribution in [3.63, 3.8) is 0 Å². The lowest BCUT2D eigenvalue weighted by atomic mass is 10.1. The first-order valence-electron chi connectivity index (χ1n) is 7.61. The molecule has 4 rings (SSSR count). The number of benzene rings is 2. The minimum Gasteiger partial charge on any atom is -0.493 e. The normalized spacial score (nSPS) is 16.3. The molecule has 0 saturated carbocycles. The van der Waals surface area contributed by atoms with E-state index in [9.17, 15) is 4.79 Å².